The Kier molecular flexibility index (Phi) is 6.92. The van der Waals surface area contributed by atoms with Crippen LogP contribution in [0.2, 0.25) is 0 Å². The van der Waals surface area contributed by atoms with Crippen LogP contribution in [-0.2, 0) is 0 Å². The van der Waals surface area contributed by atoms with E-state index >= 15 is 0 Å². The Labute approximate surface area is 104 Å². The number of hydrogen-bond acceptors (Lipinski definition) is 3. The summed E-state index contributed by atoms with van der Waals surface area (Å²) in [5.41, 5.74) is 12.4. The maximum Gasteiger partial charge on any atom is 0.129 e. The maximum atomic E-state index is 9.29. The van der Waals surface area contributed by atoms with Gasteiger partial charge in [0.1, 0.15) is 5.75 Å². The number of hydrogen-bond donors (Lipinski definition) is 3. The average molecular weight is 296 g/mol. The summed E-state index contributed by atoms with van der Waals surface area (Å²) in [5.74, 6) is 0.236. The van der Waals surface area contributed by atoms with Crippen molar-refractivity contribution in [1.29, 1.82) is 0 Å². The van der Waals surface area contributed by atoms with Gasteiger partial charge in [-0.1, -0.05) is 6.07 Å². The van der Waals surface area contributed by atoms with E-state index in [0.29, 0.717) is 11.0 Å². The molecular weight excluding hydrogens is 279 g/mol. The molecule has 5 N–H and O–H groups in total. The van der Waals surface area contributed by atoms with E-state index in [-0.39, 0.29) is 24.2 Å². The minimum absolute atomic E-state index is 0. The maximum absolute atomic E-state index is 9.29. The molecule has 0 aliphatic rings. The first-order chi connectivity index (χ1) is 6.65. The van der Waals surface area contributed by atoms with Crippen molar-refractivity contribution in [2.75, 3.05) is 6.54 Å². The van der Waals surface area contributed by atoms with Gasteiger partial charge in [-0.3, -0.25) is 0 Å². The molecular formula is C10H16BrClN2O. The Bertz CT molecular complexity index is 309. The van der Waals surface area contributed by atoms with Crippen LogP contribution in [0.4, 0.5) is 0 Å². The van der Waals surface area contributed by atoms with E-state index in [0.717, 1.165) is 18.4 Å². The van der Waals surface area contributed by atoms with Crippen molar-refractivity contribution >= 4 is 28.3 Å². The predicted molar refractivity (Wildman–Crippen MR) is 68.3 cm³/mol. The van der Waals surface area contributed by atoms with E-state index in [9.17, 15) is 5.11 Å². The number of benzene rings is 1. The Hall–Kier alpha value is -0.290. The molecule has 0 aromatic heterocycles. The molecule has 0 saturated carbocycles. The van der Waals surface area contributed by atoms with E-state index in [1.807, 2.05) is 12.1 Å². The van der Waals surface area contributed by atoms with Crippen LogP contribution in [0.3, 0.4) is 0 Å². The SMILES string of the molecule is Cl.NCCC[C@@H](N)c1ccc(O)c(Br)c1. The second kappa shape index (κ2) is 7.06. The van der Waals surface area contributed by atoms with Crippen molar-refractivity contribution in [3.05, 3.63) is 28.2 Å². The fourth-order valence-electron chi connectivity index (χ4n) is 1.26. The van der Waals surface area contributed by atoms with Crippen molar-refractivity contribution in [1.82, 2.24) is 0 Å². The van der Waals surface area contributed by atoms with Gasteiger partial charge in [0.05, 0.1) is 4.47 Å². The van der Waals surface area contributed by atoms with E-state index in [1.54, 1.807) is 6.07 Å². The zero-order valence-electron chi connectivity index (χ0n) is 8.32. The van der Waals surface area contributed by atoms with E-state index in [2.05, 4.69) is 15.9 Å². The van der Waals surface area contributed by atoms with Crippen molar-refractivity contribution in [3.63, 3.8) is 0 Å². The smallest absolute Gasteiger partial charge is 0.129 e. The molecule has 0 saturated heterocycles. The fourth-order valence-corrected chi connectivity index (χ4v) is 1.65. The number of rotatable bonds is 4. The van der Waals surface area contributed by atoms with E-state index in [4.69, 9.17) is 11.5 Å². The minimum Gasteiger partial charge on any atom is -0.507 e. The number of phenols is 1. The number of aromatic hydroxyl groups is 1. The summed E-state index contributed by atoms with van der Waals surface area (Å²) >= 11 is 3.25. The van der Waals surface area contributed by atoms with Gasteiger partial charge >= 0.3 is 0 Å². The summed E-state index contributed by atoms with van der Waals surface area (Å²) in [7, 11) is 0. The van der Waals surface area contributed by atoms with Gasteiger partial charge in [0.2, 0.25) is 0 Å². The molecule has 0 bridgehead atoms. The zero-order chi connectivity index (χ0) is 10.6. The molecule has 0 amide bonds. The Morgan fingerprint density at radius 1 is 1.40 bits per heavy atom. The largest absolute Gasteiger partial charge is 0.507 e. The number of nitrogens with two attached hydrogens (primary N) is 2. The quantitative estimate of drug-likeness (QED) is 0.798. The van der Waals surface area contributed by atoms with Crippen LogP contribution in [0.25, 0.3) is 0 Å². The van der Waals surface area contributed by atoms with Crippen molar-refractivity contribution in [2.45, 2.75) is 18.9 Å². The molecule has 5 heteroatoms. The first-order valence-electron chi connectivity index (χ1n) is 4.59. The van der Waals surface area contributed by atoms with Crippen LogP contribution in [0.15, 0.2) is 22.7 Å². The normalized spacial score (nSPS) is 11.9. The Morgan fingerprint density at radius 2 is 2.07 bits per heavy atom. The lowest BCUT2D eigenvalue weighted by atomic mass is 10.0. The standard InChI is InChI=1S/C10H15BrN2O.ClH/c11-8-6-7(3-4-10(8)14)9(13)2-1-5-12;/h3-4,6,9,14H,1-2,5,12-13H2;1H/t9-;/m1./s1. The topological polar surface area (TPSA) is 72.3 Å². The zero-order valence-corrected chi connectivity index (χ0v) is 10.7. The van der Waals surface area contributed by atoms with Crippen LogP contribution >= 0.6 is 28.3 Å². The third kappa shape index (κ3) is 4.38. The first-order valence-corrected chi connectivity index (χ1v) is 5.38. The average Bonchev–Trinajstić information content (AvgIpc) is 2.18. The highest BCUT2D eigenvalue weighted by Crippen LogP contribution is 2.27. The van der Waals surface area contributed by atoms with Gasteiger partial charge in [-0.25, -0.2) is 0 Å². The summed E-state index contributed by atoms with van der Waals surface area (Å²) in [5, 5.41) is 9.29. The van der Waals surface area contributed by atoms with Crippen LogP contribution in [0.1, 0.15) is 24.4 Å². The molecule has 0 heterocycles. The molecule has 1 atom stereocenters. The monoisotopic (exact) mass is 294 g/mol. The molecule has 0 spiro atoms. The summed E-state index contributed by atoms with van der Waals surface area (Å²) in [6.07, 6.45) is 1.79. The fraction of sp³-hybridized carbons (Fsp3) is 0.400. The molecule has 3 nitrogen and oxygen atoms in total. The molecule has 1 aromatic rings. The first kappa shape index (κ1) is 14.7. The van der Waals surface area contributed by atoms with Gasteiger partial charge < -0.3 is 16.6 Å². The van der Waals surface area contributed by atoms with Crippen LogP contribution < -0.4 is 11.5 Å². The van der Waals surface area contributed by atoms with Crippen molar-refractivity contribution in [3.8, 4) is 5.75 Å². The molecule has 1 aromatic carbocycles. The Balaban J connectivity index is 0.00000196. The molecule has 15 heavy (non-hydrogen) atoms. The van der Waals surface area contributed by atoms with E-state index < -0.39 is 0 Å². The molecule has 1 rings (SSSR count). The summed E-state index contributed by atoms with van der Waals surface area (Å²) < 4.78 is 0.679. The lowest BCUT2D eigenvalue weighted by molar-refractivity contribution is 0.471. The summed E-state index contributed by atoms with van der Waals surface area (Å²) in [6, 6.07) is 5.31. The Morgan fingerprint density at radius 3 is 2.60 bits per heavy atom. The van der Waals surface area contributed by atoms with Gasteiger partial charge in [0.15, 0.2) is 0 Å². The number of halogens is 2. The summed E-state index contributed by atoms with van der Waals surface area (Å²) in [4.78, 5) is 0. The highest BCUT2D eigenvalue weighted by molar-refractivity contribution is 9.10. The van der Waals surface area contributed by atoms with Gasteiger partial charge in [0, 0.05) is 6.04 Å². The third-order valence-corrected chi connectivity index (χ3v) is 2.75. The molecule has 86 valence electrons. The second-order valence-corrected chi connectivity index (χ2v) is 4.10. The molecule has 0 aliphatic carbocycles. The summed E-state index contributed by atoms with van der Waals surface area (Å²) in [6.45, 7) is 0.660. The van der Waals surface area contributed by atoms with E-state index in [1.165, 1.54) is 0 Å². The van der Waals surface area contributed by atoms with Gasteiger partial charge in [-0.15, -0.1) is 12.4 Å². The van der Waals surface area contributed by atoms with Crippen molar-refractivity contribution < 1.29 is 5.11 Å². The van der Waals surface area contributed by atoms with Gasteiger partial charge in [-0.2, -0.15) is 0 Å². The third-order valence-electron chi connectivity index (χ3n) is 2.12. The molecule has 0 unspecified atom stereocenters. The van der Waals surface area contributed by atoms with Crippen molar-refractivity contribution in [2.24, 2.45) is 11.5 Å². The van der Waals surface area contributed by atoms with Gasteiger partial charge in [0.25, 0.3) is 0 Å². The van der Waals surface area contributed by atoms with Gasteiger partial charge in [-0.05, 0) is 53.0 Å². The lowest BCUT2D eigenvalue weighted by Gasteiger charge is -2.11. The lowest BCUT2D eigenvalue weighted by Crippen LogP contribution is -2.12. The highest BCUT2D eigenvalue weighted by Gasteiger charge is 2.07. The highest BCUT2D eigenvalue weighted by atomic mass is 79.9. The molecule has 0 radical (unpaired) electrons. The van der Waals surface area contributed by atoms with Crippen LogP contribution in [0.5, 0.6) is 5.75 Å². The number of phenolic OH excluding ortho intramolecular Hbond substituents is 1. The second-order valence-electron chi connectivity index (χ2n) is 3.25. The predicted octanol–water partition coefficient (Wildman–Crippen LogP) is 2.32. The van der Waals surface area contributed by atoms with Crippen LogP contribution in [0, 0.1) is 0 Å². The minimum atomic E-state index is -0.00421. The van der Waals surface area contributed by atoms with Crippen LogP contribution in [-0.4, -0.2) is 11.7 Å². The molecule has 0 aliphatic heterocycles. The molecule has 0 fully saturated rings.